The molecule has 2 aliphatic rings. The van der Waals surface area contributed by atoms with Crippen LogP contribution in [0.4, 0.5) is 0 Å². The molecule has 116 valence electrons. The van der Waals surface area contributed by atoms with Crippen molar-refractivity contribution in [1.82, 2.24) is 0 Å². The Morgan fingerprint density at radius 1 is 0.800 bits per heavy atom. The van der Waals surface area contributed by atoms with Gasteiger partial charge in [-0.1, -0.05) is 51.2 Å². The second-order valence-electron chi connectivity index (χ2n) is 7.51. The predicted octanol–water partition coefficient (Wildman–Crippen LogP) is 6.76. The Labute approximate surface area is 127 Å². The van der Waals surface area contributed by atoms with Crippen molar-refractivity contribution >= 4 is 0 Å². The van der Waals surface area contributed by atoms with E-state index >= 15 is 0 Å². The molecule has 2 fully saturated rings. The second-order valence-corrected chi connectivity index (χ2v) is 7.51. The van der Waals surface area contributed by atoms with E-state index in [0.29, 0.717) is 0 Å². The van der Waals surface area contributed by atoms with Crippen molar-refractivity contribution in [2.24, 2.45) is 23.7 Å². The lowest BCUT2D eigenvalue weighted by Crippen LogP contribution is -2.25. The highest BCUT2D eigenvalue weighted by atomic mass is 14.4. The Morgan fingerprint density at radius 2 is 1.35 bits per heavy atom. The minimum absolute atomic E-state index is 1.00. The third-order valence-electron chi connectivity index (χ3n) is 6.12. The molecule has 0 heterocycles. The van der Waals surface area contributed by atoms with Crippen LogP contribution in [0.3, 0.4) is 0 Å². The summed E-state index contributed by atoms with van der Waals surface area (Å²) in [5.41, 5.74) is 0. The molecule has 0 radical (unpaired) electrons. The van der Waals surface area contributed by atoms with E-state index in [0.717, 1.165) is 23.7 Å². The highest BCUT2D eigenvalue weighted by Gasteiger charge is 2.30. The zero-order valence-electron chi connectivity index (χ0n) is 13.9. The van der Waals surface area contributed by atoms with Crippen LogP contribution in [0.5, 0.6) is 0 Å². The van der Waals surface area contributed by atoms with Crippen LogP contribution in [-0.4, -0.2) is 0 Å². The predicted molar refractivity (Wildman–Crippen MR) is 89.9 cm³/mol. The molecule has 0 nitrogen and oxygen atoms in total. The molecule has 0 aromatic carbocycles. The first-order valence-electron chi connectivity index (χ1n) is 9.44. The van der Waals surface area contributed by atoms with Gasteiger partial charge >= 0.3 is 0 Å². The lowest BCUT2D eigenvalue weighted by atomic mass is 9.68. The standard InChI is InChI=1S/C20H36/c1-3-5-7-17-9-13-19(14-10-17)20-15-11-18(12-16-20)8-6-4-2/h3,5,17-20H,4,6-16H2,1-2H3/b5-3+. The monoisotopic (exact) mass is 276 g/mol. The molecule has 0 heteroatoms. The van der Waals surface area contributed by atoms with E-state index in [2.05, 4.69) is 26.0 Å². The van der Waals surface area contributed by atoms with Crippen LogP contribution in [0.15, 0.2) is 12.2 Å². The van der Waals surface area contributed by atoms with Crippen LogP contribution >= 0.6 is 0 Å². The Morgan fingerprint density at radius 3 is 1.85 bits per heavy atom. The Hall–Kier alpha value is -0.260. The third-order valence-corrected chi connectivity index (χ3v) is 6.12. The molecular weight excluding hydrogens is 240 g/mol. The number of hydrogen-bond donors (Lipinski definition) is 0. The van der Waals surface area contributed by atoms with Crippen molar-refractivity contribution in [2.45, 2.75) is 90.9 Å². The van der Waals surface area contributed by atoms with Gasteiger partial charge < -0.3 is 0 Å². The van der Waals surface area contributed by atoms with E-state index < -0.39 is 0 Å². The van der Waals surface area contributed by atoms with Gasteiger partial charge in [0.25, 0.3) is 0 Å². The fraction of sp³-hybridized carbons (Fsp3) is 0.900. The van der Waals surface area contributed by atoms with Gasteiger partial charge in [-0.15, -0.1) is 0 Å². The Balaban J connectivity index is 1.65. The van der Waals surface area contributed by atoms with E-state index in [1.165, 1.54) is 51.4 Å². The minimum Gasteiger partial charge on any atom is -0.0917 e. The molecular formula is C20H36. The van der Waals surface area contributed by atoms with Crippen LogP contribution in [0, 0.1) is 23.7 Å². The van der Waals surface area contributed by atoms with E-state index in [4.69, 9.17) is 0 Å². The molecule has 0 unspecified atom stereocenters. The van der Waals surface area contributed by atoms with Gasteiger partial charge in [0, 0.05) is 0 Å². The van der Waals surface area contributed by atoms with E-state index in [9.17, 15) is 0 Å². The molecule has 0 saturated heterocycles. The van der Waals surface area contributed by atoms with Gasteiger partial charge in [0.15, 0.2) is 0 Å². The average molecular weight is 277 g/mol. The van der Waals surface area contributed by atoms with Gasteiger partial charge in [-0.25, -0.2) is 0 Å². The maximum Gasteiger partial charge on any atom is -0.0322 e. The molecule has 2 saturated carbocycles. The van der Waals surface area contributed by atoms with Crippen molar-refractivity contribution in [3.05, 3.63) is 12.2 Å². The first-order valence-corrected chi connectivity index (χ1v) is 9.44. The van der Waals surface area contributed by atoms with Gasteiger partial charge in [0.05, 0.1) is 0 Å². The fourth-order valence-corrected chi connectivity index (χ4v) is 4.66. The van der Waals surface area contributed by atoms with Crippen molar-refractivity contribution in [2.75, 3.05) is 0 Å². The van der Waals surface area contributed by atoms with Crippen molar-refractivity contribution < 1.29 is 0 Å². The third kappa shape index (κ3) is 4.93. The highest BCUT2D eigenvalue weighted by molar-refractivity contribution is 4.86. The Bertz CT molecular complexity index is 262. The fourth-order valence-electron chi connectivity index (χ4n) is 4.66. The summed E-state index contributed by atoms with van der Waals surface area (Å²) in [6, 6.07) is 0. The van der Waals surface area contributed by atoms with E-state index in [1.807, 2.05) is 0 Å². The van der Waals surface area contributed by atoms with Crippen LogP contribution < -0.4 is 0 Å². The molecule has 0 aromatic heterocycles. The molecule has 0 aromatic rings. The maximum absolute atomic E-state index is 2.38. The summed E-state index contributed by atoms with van der Waals surface area (Å²) >= 11 is 0. The van der Waals surface area contributed by atoms with Crippen LogP contribution in [0.1, 0.15) is 90.9 Å². The minimum atomic E-state index is 1.00. The van der Waals surface area contributed by atoms with Crippen molar-refractivity contribution in [1.29, 1.82) is 0 Å². The number of rotatable bonds is 6. The van der Waals surface area contributed by atoms with Crippen molar-refractivity contribution in [3.8, 4) is 0 Å². The van der Waals surface area contributed by atoms with E-state index in [1.54, 1.807) is 25.7 Å². The van der Waals surface area contributed by atoms with Gasteiger partial charge in [-0.05, 0) is 75.5 Å². The first-order chi connectivity index (χ1) is 9.83. The van der Waals surface area contributed by atoms with E-state index in [-0.39, 0.29) is 0 Å². The molecule has 0 amide bonds. The Kier molecular flexibility index (Phi) is 7.17. The lowest BCUT2D eigenvalue weighted by molar-refractivity contribution is 0.143. The quantitative estimate of drug-likeness (QED) is 0.470. The highest BCUT2D eigenvalue weighted by Crippen LogP contribution is 2.42. The largest absolute Gasteiger partial charge is 0.0917 e. The SMILES string of the molecule is C/C=C/CC1CCC(C2CCC(CCCC)CC2)CC1. The lowest BCUT2D eigenvalue weighted by Gasteiger charge is -2.37. The molecule has 0 spiro atoms. The summed E-state index contributed by atoms with van der Waals surface area (Å²) in [5.74, 6) is 4.26. The zero-order chi connectivity index (χ0) is 14.2. The van der Waals surface area contributed by atoms with Gasteiger partial charge in [0.1, 0.15) is 0 Å². The number of hydrogen-bond acceptors (Lipinski definition) is 0. The molecule has 2 rings (SSSR count). The maximum atomic E-state index is 2.38. The number of allylic oxidation sites excluding steroid dienone is 2. The first kappa shape index (κ1) is 16.1. The van der Waals surface area contributed by atoms with Gasteiger partial charge in [0.2, 0.25) is 0 Å². The average Bonchev–Trinajstić information content (AvgIpc) is 2.52. The topological polar surface area (TPSA) is 0 Å². The summed E-state index contributed by atoms with van der Waals surface area (Å²) < 4.78 is 0. The molecule has 0 aliphatic heterocycles. The molecule has 0 bridgehead atoms. The molecule has 0 N–H and O–H groups in total. The molecule has 20 heavy (non-hydrogen) atoms. The van der Waals surface area contributed by atoms with Crippen LogP contribution in [0.25, 0.3) is 0 Å². The van der Waals surface area contributed by atoms with Gasteiger partial charge in [-0.2, -0.15) is 0 Å². The van der Waals surface area contributed by atoms with Gasteiger partial charge in [-0.3, -0.25) is 0 Å². The smallest absolute Gasteiger partial charge is 0.0322 e. The van der Waals surface area contributed by atoms with Crippen molar-refractivity contribution in [3.63, 3.8) is 0 Å². The van der Waals surface area contributed by atoms with Crippen LogP contribution in [-0.2, 0) is 0 Å². The summed E-state index contributed by atoms with van der Waals surface area (Å²) in [6.45, 7) is 4.49. The summed E-state index contributed by atoms with van der Waals surface area (Å²) in [4.78, 5) is 0. The second kappa shape index (κ2) is 8.90. The summed E-state index contributed by atoms with van der Waals surface area (Å²) in [5, 5.41) is 0. The molecule has 2 aliphatic carbocycles. The number of unbranched alkanes of at least 4 members (excludes halogenated alkanes) is 1. The zero-order valence-corrected chi connectivity index (χ0v) is 13.9. The van der Waals surface area contributed by atoms with Crippen LogP contribution in [0.2, 0.25) is 0 Å². The molecule has 0 atom stereocenters. The summed E-state index contributed by atoms with van der Waals surface area (Å²) in [6.07, 6.45) is 22.6. The normalized spacial score (nSPS) is 35.5. The summed E-state index contributed by atoms with van der Waals surface area (Å²) in [7, 11) is 0.